The van der Waals surface area contributed by atoms with Crippen LogP contribution >= 0.6 is 11.8 Å². The average Bonchev–Trinajstić information content (AvgIpc) is 2.59. The van der Waals surface area contributed by atoms with E-state index in [1.807, 2.05) is 0 Å². The summed E-state index contributed by atoms with van der Waals surface area (Å²) < 4.78 is 0. The van der Waals surface area contributed by atoms with E-state index >= 15 is 0 Å². The van der Waals surface area contributed by atoms with Crippen molar-refractivity contribution in [2.24, 2.45) is 0 Å². The molecule has 2 aromatic carbocycles. The summed E-state index contributed by atoms with van der Waals surface area (Å²) in [5.41, 5.74) is 3.53. The highest BCUT2D eigenvalue weighted by molar-refractivity contribution is 7.99. The zero-order valence-electron chi connectivity index (χ0n) is 14.9. The third kappa shape index (κ3) is 3.99. The largest absolute Gasteiger partial charge is 0.481 e. The van der Waals surface area contributed by atoms with Gasteiger partial charge in [-0.1, -0.05) is 30.0 Å². The molecule has 0 aliphatic carbocycles. The predicted molar refractivity (Wildman–Crippen MR) is 103 cm³/mol. The van der Waals surface area contributed by atoms with E-state index < -0.39 is 5.97 Å². The molecule has 0 bridgehead atoms. The molecule has 4 nitrogen and oxygen atoms in total. The molecule has 0 saturated carbocycles. The molecule has 1 aliphatic heterocycles. The summed E-state index contributed by atoms with van der Waals surface area (Å²) in [6.45, 7) is 3.14. The van der Waals surface area contributed by atoms with Gasteiger partial charge in [0.05, 0.1) is 11.4 Å². The second-order valence-electron chi connectivity index (χ2n) is 6.69. The third-order valence-corrected chi connectivity index (χ3v) is 5.76. The summed E-state index contributed by atoms with van der Waals surface area (Å²) in [5, 5.41) is 8.92. The fraction of sp³-hybridized carbons (Fsp3) is 0.350. The van der Waals surface area contributed by atoms with Crippen LogP contribution in [0.3, 0.4) is 0 Å². The van der Waals surface area contributed by atoms with Crippen molar-refractivity contribution in [2.75, 3.05) is 25.5 Å². The van der Waals surface area contributed by atoms with E-state index in [2.05, 4.69) is 73.3 Å². The summed E-state index contributed by atoms with van der Waals surface area (Å²) in [6, 6.07) is 15.2. The number of carboxylic acid groups (broad SMARTS) is 1. The summed E-state index contributed by atoms with van der Waals surface area (Å²) in [5.74, 6) is -0.753. The van der Waals surface area contributed by atoms with Crippen molar-refractivity contribution in [1.82, 2.24) is 4.90 Å². The van der Waals surface area contributed by atoms with Gasteiger partial charge >= 0.3 is 5.97 Å². The Balaban J connectivity index is 1.95. The number of rotatable bonds is 6. The quantitative estimate of drug-likeness (QED) is 0.838. The van der Waals surface area contributed by atoms with Crippen LogP contribution in [0.1, 0.15) is 18.9 Å². The first-order chi connectivity index (χ1) is 12.0. The van der Waals surface area contributed by atoms with Gasteiger partial charge in [0.2, 0.25) is 0 Å². The van der Waals surface area contributed by atoms with E-state index in [1.165, 1.54) is 21.2 Å². The first kappa shape index (κ1) is 17.8. The summed E-state index contributed by atoms with van der Waals surface area (Å²) >= 11 is 1.77. The van der Waals surface area contributed by atoms with Crippen molar-refractivity contribution in [2.45, 2.75) is 35.6 Å². The number of benzene rings is 2. The highest BCUT2D eigenvalue weighted by Crippen LogP contribution is 2.48. The standard InChI is InChI=1S/C20H24N2O2S/c1-14(21(2)3)13-22-16-6-4-5-7-18(16)25-19-12-15(8-10-17(19)22)9-11-20(23)24/h4-8,10,12,14H,9,11,13H2,1-3H3,(H,23,24). The molecule has 1 heterocycles. The van der Waals surface area contributed by atoms with Gasteiger partial charge in [0, 0.05) is 28.8 Å². The lowest BCUT2D eigenvalue weighted by molar-refractivity contribution is -0.136. The molecular formula is C20H24N2O2S. The number of carboxylic acids is 1. The molecule has 0 aromatic heterocycles. The second-order valence-corrected chi connectivity index (χ2v) is 7.77. The van der Waals surface area contributed by atoms with Gasteiger partial charge in [-0.25, -0.2) is 0 Å². The summed E-state index contributed by atoms with van der Waals surface area (Å²) in [4.78, 5) is 17.9. The summed E-state index contributed by atoms with van der Waals surface area (Å²) in [7, 11) is 4.20. The summed E-state index contributed by atoms with van der Waals surface area (Å²) in [6.07, 6.45) is 0.736. The molecule has 2 aromatic rings. The van der Waals surface area contributed by atoms with E-state index in [1.54, 1.807) is 11.8 Å². The van der Waals surface area contributed by atoms with E-state index in [9.17, 15) is 4.79 Å². The second kappa shape index (κ2) is 7.50. The molecule has 25 heavy (non-hydrogen) atoms. The number of hydrogen-bond acceptors (Lipinski definition) is 4. The van der Waals surface area contributed by atoms with Crippen LogP contribution in [0.25, 0.3) is 0 Å². The number of carbonyl (C=O) groups is 1. The predicted octanol–water partition coefficient (Wildman–Crippen LogP) is 4.26. The highest BCUT2D eigenvalue weighted by Gasteiger charge is 2.25. The van der Waals surface area contributed by atoms with Gasteiger partial charge in [-0.05, 0) is 57.3 Å². The normalized spacial score (nSPS) is 14.2. The van der Waals surface area contributed by atoms with Crippen molar-refractivity contribution in [3.8, 4) is 0 Å². The minimum Gasteiger partial charge on any atom is -0.481 e. The lowest BCUT2D eigenvalue weighted by atomic mass is 10.1. The van der Waals surface area contributed by atoms with Gasteiger partial charge in [0.25, 0.3) is 0 Å². The van der Waals surface area contributed by atoms with Gasteiger partial charge in [-0.3, -0.25) is 4.79 Å². The zero-order chi connectivity index (χ0) is 18.0. The molecule has 0 amide bonds. The molecule has 0 radical (unpaired) electrons. The number of anilines is 2. The number of aryl methyl sites for hydroxylation is 1. The lowest BCUT2D eigenvalue weighted by Gasteiger charge is -2.36. The Morgan fingerprint density at radius 3 is 2.60 bits per heavy atom. The average molecular weight is 356 g/mol. The number of para-hydroxylation sites is 1. The molecule has 0 saturated heterocycles. The molecule has 1 atom stereocenters. The monoisotopic (exact) mass is 356 g/mol. The molecule has 5 heteroatoms. The first-order valence-corrected chi connectivity index (χ1v) is 9.33. The fourth-order valence-electron chi connectivity index (χ4n) is 2.91. The Hall–Kier alpha value is -1.98. The van der Waals surface area contributed by atoms with Crippen LogP contribution in [0.4, 0.5) is 11.4 Å². The lowest BCUT2D eigenvalue weighted by Crippen LogP contribution is -2.37. The maximum atomic E-state index is 10.8. The molecule has 1 unspecified atom stereocenters. The maximum Gasteiger partial charge on any atom is 0.303 e. The molecular weight excluding hydrogens is 332 g/mol. The third-order valence-electron chi connectivity index (χ3n) is 4.65. The molecule has 3 rings (SSSR count). The molecule has 1 aliphatic rings. The van der Waals surface area contributed by atoms with Crippen molar-refractivity contribution in [1.29, 1.82) is 0 Å². The topological polar surface area (TPSA) is 43.8 Å². The van der Waals surface area contributed by atoms with Crippen LogP contribution < -0.4 is 4.90 Å². The van der Waals surface area contributed by atoms with Crippen molar-refractivity contribution < 1.29 is 9.90 Å². The van der Waals surface area contributed by atoms with Crippen molar-refractivity contribution in [3.63, 3.8) is 0 Å². The Labute approximate surface area is 153 Å². The van der Waals surface area contributed by atoms with Crippen LogP contribution in [0.5, 0.6) is 0 Å². The van der Waals surface area contributed by atoms with Crippen LogP contribution in [-0.4, -0.2) is 42.7 Å². The van der Waals surface area contributed by atoms with Crippen LogP contribution in [0.15, 0.2) is 52.3 Å². The highest BCUT2D eigenvalue weighted by atomic mass is 32.2. The van der Waals surface area contributed by atoms with Gasteiger partial charge in [-0.2, -0.15) is 0 Å². The molecule has 132 valence electrons. The van der Waals surface area contributed by atoms with Crippen LogP contribution in [0, 0.1) is 0 Å². The minimum absolute atomic E-state index is 0.168. The number of fused-ring (bicyclic) bond motifs is 2. The maximum absolute atomic E-state index is 10.8. The molecule has 0 fully saturated rings. The Morgan fingerprint density at radius 2 is 1.88 bits per heavy atom. The fourth-order valence-corrected chi connectivity index (χ4v) is 4.07. The van der Waals surface area contributed by atoms with Crippen LogP contribution in [0.2, 0.25) is 0 Å². The van der Waals surface area contributed by atoms with Gasteiger partial charge < -0.3 is 14.9 Å². The SMILES string of the molecule is CC(CN1c2ccccc2Sc2cc(CCC(=O)O)ccc21)N(C)C. The molecule has 0 spiro atoms. The Morgan fingerprint density at radius 1 is 1.16 bits per heavy atom. The van der Waals surface area contributed by atoms with Gasteiger partial charge in [0.15, 0.2) is 0 Å². The number of nitrogens with zero attached hydrogens (tertiary/aromatic N) is 2. The zero-order valence-corrected chi connectivity index (χ0v) is 15.7. The smallest absolute Gasteiger partial charge is 0.303 e. The minimum atomic E-state index is -0.753. The van der Waals surface area contributed by atoms with Crippen molar-refractivity contribution >= 4 is 29.1 Å². The first-order valence-electron chi connectivity index (χ1n) is 8.51. The molecule has 1 N–H and O–H groups in total. The van der Waals surface area contributed by atoms with E-state index in [-0.39, 0.29) is 6.42 Å². The van der Waals surface area contributed by atoms with Crippen LogP contribution in [-0.2, 0) is 11.2 Å². The van der Waals surface area contributed by atoms with Gasteiger partial charge in [-0.15, -0.1) is 0 Å². The number of likely N-dealkylation sites (N-methyl/N-ethyl adjacent to an activating group) is 1. The van der Waals surface area contributed by atoms with Gasteiger partial charge in [0.1, 0.15) is 0 Å². The Bertz CT molecular complexity index is 776. The number of hydrogen-bond donors (Lipinski definition) is 1. The number of aliphatic carboxylic acids is 1. The van der Waals surface area contributed by atoms with E-state index in [0.717, 1.165) is 12.1 Å². The van der Waals surface area contributed by atoms with E-state index in [0.29, 0.717) is 12.5 Å². The van der Waals surface area contributed by atoms with Crippen molar-refractivity contribution in [3.05, 3.63) is 48.0 Å². The van der Waals surface area contributed by atoms with E-state index in [4.69, 9.17) is 5.11 Å². The Kier molecular flexibility index (Phi) is 5.35.